The van der Waals surface area contributed by atoms with Crippen LogP contribution in [0.15, 0.2) is 52.4 Å². The van der Waals surface area contributed by atoms with Gasteiger partial charge >= 0.3 is 5.97 Å². The van der Waals surface area contributed by atoms with Crippen molar-refractivity contribution in [2.75, 3.05) is 13.7 Å². The molecule has 0 radical (unpaired) electrons. The van der Waals surface area contributed by atoms with E-state index >= 15 is 0 Å². The van der Waals surface area contributed by atoms with E-state index in [0.29, 0.717) is 10.2 Å². The van der Waals surface area contributed by atoms with Crippen LogP contribution in [0.5, 0.6) is 0 Å². The SMILES string of the molecule is CCOC(=O)Cn1c(=NC(=O)c2ccc(S(=O)(=O)N(C)C(C)C)cc2)sc2cc(F)ccc21. The number of halogens is 1. The number of carbonyl (C=O) groups is 2. The third-order valence-electron chi connectivity index (χ3n) is 4.94. The lowest BCUT2D eigenvalue weighted by atomic mass is 10.2. The Bertz CT molecular complexity index is 1360. The van der Waals surface area contributed by atoms with E-state index in [1.165, 1.54) is 58.4 Å². The molecule has 0 bridgehead atoms. The number of ether oxygens (including phenoxy) is 1. The molecule has 1 heterocycles. The van der Waals surface area contributed by atoms with Crippen molar-refractivity contribution in [3.05, 3.63) is 58.6 Å². The molecule has 0 spiro atoms. The summed E-state index contributed by atoms with van der Waals surface area (Å²) in [6, 6.07) is 9.32. The first-order valence-electron chi connectivity index (χ1n) is 10.2. The van der Waals surface area contributed by atoms with Gasteiger partial charge in [0.2, 0.25) is 10.0 Å². The number of thiazole rings is 1. The van der Waals surface area contributed by atoms with Crippen molar-refractivity contribution in [2.24, 2.45) is 4.99 Å². The monoisotopic (exact) mass is 493 g/mol. The van der Waals surface area contributed by atoms with Crippen LogP contribution in [0.4, 0.5) is 4.39 Å². The van der Waals surface area contributed by atoms with E-state index in [1.54, 1.807) is 20.8 Å². The summed E-state index contributed by atoms with van der Waals surface area (Å²) in [5.41, 5.74) is 0.714. The van der Waals surface area contributed by atoms with Crippen molar-refractivity contribution in [2.45, 2.75) is 38.3 Å². The number of hydrogen-bond acceptors (Lipinski definition) is 6. The zero-order chi connectivity index (χ0) is 24.3. The number of fused-ring (bicyclic) bond motifs is 1. The number of esters is 1. The highest BCUT2D eigenvalue weighted by atomic mass is 32.2. The van der Waals surface area contributed by atoms with Crippen LogP contribution in [-0.4, -0.2) is 48.9 Å². The molecule has 3 rings (SSSR count). The quantitative estimate of drug-likeness (QED) is 0.471. The topological polar surface area (TPSA) is 98.0 Å². The average Bonchev–Trinajstić information content (AvgIpc) is 3.08. The first kappa shape index (κ1) is 24.7. The Hall–Kier alpha value is -2.89. The molecule has 33 heavy (non-hydrogen) atoms. The number of rotatable bonds is 7. The van der Waals surface area contributed by atoms with Gasteiger partial charge in [-0.25, -0.2) is 12.8 Å². The van der Waals surface area contributed by atoms with Crippen molar-refractivity contribution in [1.82, 2.24) is 8.87 Å². The van der Waals surface area contributed by atoms with Gasteiger partial charge in [0.1, 0.15) is 12.4 Å². The van der Waals surface area contributed by atoms with Crippen LogP contribution < -0.4 is 4.80 Å². The number of aromatic nitrogens is 1. The maximum Gasteiger partial charge on any atom is 0.326 e. The molecule has 0 aliphatic rings. The Kier molecular flexibility index (Phi) is 7.45. The van der Waals surface area contributed by atoms with Crippen molar-refractivity contribution >= 4 is 43.5 Å². The highest BCUT2D eigenvalue weighted by Crippen LogP contribution is 2.20. The van der Waals surface area contributed by atoms with Gasteiger partial charge in [-0.15, -0.1) is 0 Å². The minimum absolute atomic E-state index is 0.0602. The highest BCUT2D eigenvalue weighted by molar-refractivity contribution is 7.89. The number of hydrogen-bond donors (Lipinski definition) is 0. The van der Waals surface area contributed by atoms with Crippen molar-refractivity contribution in [1.29, 1.82) is 0 Å². The van der Waals surface area contributed by atoms with Crippen LogP contribution in [0, 0.1) is 5.82 Å². The van der Waals surface area contributed by atoms with Gasteiger partial charge in [0, 0.05) is 18.7 Å². The van der Waals surface area contributed by atoms with Crippen LogP contribution >= 0.6 is 11.3 Å². The molecule has 3 aromatic rings. The number of sulfonamides is 1. The normalized spacial score (nSPS) is 12.6. The Balaban J connectivity index is 2.00. The predicted molar refractivity (Wildman–Crippen MR) is 123 cm³/mol. The number of amides is 1. The fourth-order valence-electron chi connectivity index (χ4n) is 2.99. The van der Waals surface area contributed by atoms with E-state index in [1.807, 2.05) is 0 Å². The van der Waals surface area contributed by atoms with Crippen LogP contribution in [0.3, 0.4) is 0 Å². The fraction of sp³-hybridized carbons (Fsp3) is 0.318. The van der Waals surface area contributed by atoms with Crippen molar-refractivity contribution < 1.29 is 27.1 Å². The molecule has 0 aliphatic carbocycles. The van der Waals surface area contributed by atoms with Crippen LogP contribution in [0.1, 0.15) is 31.1 Å². The maximum absolute atomic E-state index is 13.7. The van der Waals surface area contributed by atoms with Crippen LogP contribution in [0.2, 0.25) is 0 Å². The first-order valence-corrected chi connectivity index (χ1v) is 12.4. The van der Waals surface area contributed by atoms with Gasteiger partial charge in [-0.3, -0.25) is 9.59 Å². The first-order chi connectivity index (χ1) is 15.5. The summed E-state index contributed by atoms with van der Waals surface area (Å²) in [6.07, 6.45) is 0. The highest BCUT2D eigenvalue weighted by Gasteiger charge is 2.23. The molecule has 8 nitrogen and oxygen atoms in total. The van der Waals surface area contributed by atoms with Gasteiger partial charge in [-0.2, -0.15) is 9.30 Å². The summed E-state index contributed by atoms with van der Waals surface area (Å²) in [6.45, 7) is 5.21. The lowest BCUT2D eigenvalue weighted by Gasteiger charge is -2.20. The summed E-state index contributed by atoms with van der Waals surface area (Å²) in [4.78, 5) is 29.2. The predicted octanol–water partition coefficient (Wildman–Crippen LogP) is 3.18. The lowest BCUT2D eigenvalue weighted by Crippen LogP contribution is -2.33. The molecule has 0 atom stereocenters. The van der Waals surface area contributed by atoms with Crippen LogP contribution in [0.25, 0.3) is 10.2 Å². The Morgan fingerprint density at radius 1 is 1.18 bits per heavy atom. The smallest absolute Gasteiger partial charge is 0.326 e. The van der Waals surface area contributed by atoms with Gasteiger partial charge in [0.15, 0.2) is 4.80 Å². The molecule has 1 amide bonds. The van der Waals surface area contributed by atoms with E-state index < -0.39 is 27.7 Å². The van der Waals surface area contributed by atoms with Gasteiger partial charge in [-0.05, 0) is 63.2 Å². The standard InChI is InChI=1S/C22H24FN3O5S2/c1-5-31-20(27)13-26-18-11-8-16(23)12-19(18)32-22(26)24-21(28)15-6-9-17(10-7-15)33(29,30)25(4)14(2)3/h6-12,14H,5,13H2,1-4H3. The minimum Gasteiger partial charge on any atom is -0.465 e. The second-order valence-corrected chi connectivity index (χ2v) is 10.5. The summed E-state index contributed by atoms with van der Waals surface area (Å²) in [5.74, 6) is -1.59. The van der Waals surface area contributed by atoms with Crippen LogP contribution in [-0.2, 0) is 26.1 Å². The molecule has 0 unspecified atom stereocenters. The summed E-state index contributed by atoms with van der Waals surface area (Å²) in [5, 5.41) is 0. The van der Waals surface area contributed by atoms with E-state index in [2.05, 4.69) is 4.99 Å². The lowest BCUT2D eigenvalue weighted by molar-refractivity contribution is -0.143. The molecule has 0 N–H and O–H groups in total. The second-order valence-electron chi connectivity index (χ2n) is 7.44. The molecule has 0 saturated carbocycles. The van der Waals surface area contributed by atoms with Crippen molar-refractivity contribution in [3.8, 4) is 0 Å². The van der Waals surface area contributed by atoms with E-state index in [0.717, 1.165) is 11.3 Å². The molecule has 0 aliphatic heterocycles. The second kappa shape index (κ2) is 9.94. The van der Waals surface area contributed by atoms with Gasteiger partial charge in [-0.1, -0.05) is 11.3 Å². The van der Waals surface area contributed by atoms with Gasteiger partial charge < -0.3 is 9.30 Å². The molecule has 2 aromatic carbocycles. The van der Waals surface area contributed by atoms with Gasteiger partial charge in [0.05, 0.1) is 21.7 Å². The fourth-order valence-corrected chi connectivity index (χ4v) is 5.41. The summed E-state index contributed by atoms with van der Waals surface area (Å²) >= 11 is 1.06. The Morgan fingerprint density at radius 2 is 1.85 bits per heavy atom. The zero-order valence-corrected chi connectivity index (χ0v) is 20.2. The van der Waals surface area contributed by atoms with E-state index in [-0.39, 0.29) is 34.5 Å². The summed E-state index contributed by atoms with van der Waals surface area (Å²) < 4.78 is 47.2. The minimum atomic E-state index is -3.68. The Morgan fingerprint density at radius 3 is 2.45 bits per heavy atom. The molecule has 0 fully saturated rings. The number of carbonyl (C=O) groups excluding carboxylic acids is 2. The van der Waals surface area contributed by atoms with E-state index in [4.69, 9.17) is 4.74 Å². The molecule has 0 saturated heterocycles. The Labute approximate surface area is 195 Å². The molecular formula is C22H24FN3O5S2. The van der Waals surface area contributed by atoms with E-state index in [9.17, 15) is 22.4 Å². The number of benzene rings is 2. The average molecular weight is 494 g/mol. The largest absolute Gasteiger partial charge is 0.465 e. The molecule has 1 aromatic heterocycles. The van der Waals surface area contributed by atoms with Gasteiger partial charge in [0.25, 0.3) is 5.91 Å². The molecular weight excluding hydrogens is 469 g/mol. The summed E-state index contributed by atoms with van der Waals surface area (Å²) in [7, 11) is -2.20. The number of nitrogens with zero attached hydrogens (tertiary/aromatic N) is 3. The molecule has 11 heteroatoms. The van der Waals surface area contributed by atoms with Crippen molar-refractivity contribution in [3.63, 3.8) is 0 Å². The zero-order valence-electron chi connectivity index (χ0n) is 18.6. The third kappa shape index (κ3) is 5.37. The molecule has 176 valence electrons. The maximum atomic E-state index is 13.7. The third-order valence-corrected chi connectivity index (χ3v) is 8.03.